The van der Waals surface area contributed by atoms with Crippen LogP contribution in [0.15, 0.2) is 0 Å². The summed E-state index contributed by atoms with van der Waals surface area (Å²) in [5, 5.41) is -0.304. The second-order valence-electron chi connectivity index (χ2n) is 3.88. The summed E-state index contributed by atoms with van der Waals surface area (Å²) in [7, 11) is -1.61. The van der Waals surface area contributed by atoms with Crippen LogP contribution in [0.3, 0.4) is 0 Å². The van der Waals surface area contributed by atoms with E-state index in [2.05, 4.69) is 0 Å². The highest BCUT2D eigenvalue weighted by Crippen LogP contribution is 2.20. The summed E-state index contributed by atoms with van der Waals surface area (Å²) in [5.41, 5.74) is 0. The first kappa shape index (κ1) is 13.2. The molecule has 0 saturated carbocycles. The van der Waals surface area contributed by atoms with E-state index in [0.29, 0.717) is 31.9 Å². The Balaban J connectivity index is 2.72. The average molecular weight is 256 g/mol. The number of nitrogens with zero attached hydrogens (tertiary/aromatic N) is 1. The summed E-state index contributed by atoms with van der Waals surface area (Å²) >= 11 is 5.66. The normalized spacial score (nSPS) is 21.9. The van der Waals surface area contributed by atoms with Gasteiger partial charge in [-0.05, 0) is 19.8 Å². The quantitative estimate of drug-likeness (QED) is 0.706. The van der Waals surface area contributed by atoms with Gasteiger partial charge in [-0.1, -0.05) is 0 Å². The summed E-state index contributed by atoms with van der Waals surface area (Å²) < 4.78 is 30.7. The van der Waals surface area contributed by atoms with Crippen molar-refractivity contribution in [3.63, 3.8) is 0 Å². The maximum Gasteiger partial charge on any atom is 0.217 e. The third-order valence-corrected chi connectivity index (χ3v) is 5.76. The molecule has 1 heterocycles. The van der Waals surface area contributed by atoms with Crippen molar-refractivity contribution in [2.24, 2.45) is 0 Å². The molecule has 1 atom stereocenters. The Morgan fingerprint density at radius 1 is 1.47 bits per heavy atom. The van der Waals surface area contributed by atoms with Gasteiger partial charge in [0.25, 0.3) is 0 Å². The van der Waals surface area contributed by atoms with Crippen LogP contribution in [-0.2, 0) is 14.8 Å². The first-order chi connectivity index (χ1) is 7.00. The van der Waals surface area contributed by atoms with Gasteiger partial charge in [-0.25, -0.2) is 12.7 Å². The summed E-state index contributed by atoms with van der Waals surface area (Å²) in [6, 6.07) is -0.153. The lowest BCUT2D eigenvalue weighted by molar-refractivity contribution is 0.0972. The van der Waals surface area contributed by atoms with E-state index in [4.69, 9.17) is 16.3 Å². The molecule has 15 heavy (non-hydrogen) atoms. The SMILES string of the molecule is CC(CCl)N(C)S(=O)(=O)C1CCOCC1. The van der Waals surface area contributed by atoms with E-state index in [-0.39, 0.29) is 11.3 Å². The van der Waals surface area contributed by atoms with E-state index >= 15 is 0 Å². The van der Waals surface area contributed by atoms with E-state index in [1.165, 1.54) is 4.31 Å². The molecule has 0 radical (unpaired) electrons. The zero-order chi connectivity index (χ0) is 11.5. The van der Waals surface area contributed by atoms with Crippen molar-refractivity contribution in [2.75, 3.05) is 26.1 Å². The number of alkyl halides is 1. The van der Waals surface area contributed by atoms with Crippen LogP contribution in [0.5, 0.6) is 0 Å². The van der Waals surface area contributed by atoms with E-state index < -0.39 is 10.0 Å². The van der Waals surface area contributed by atoms with Crippen LogP contribution >= 0.6 is 11.6 Å². The average Bonchev–Trinajstić information content (AvgIpc) is 2.28. The molecule has 90 valence electrons. The molecule has 1 saturated heterocycles. The molecule has 1 rings (SSSR count). The number of ether oxygens (including phenoxy) is 1. The number of halogens is 1. The number of hydrogen-bond donors (Lipinski definition) is 0. The molecule has 0 aromatic heterocycles. The van der Waals surface area contributed by atoms with Crippen molar-refractivity contribution < 1.29 is 13.2 Å². The molecule has 4 nitrogen and oxygen atoms in total. The van der Waals surface area contributed by atoms with E-state index in [0.717, 1.165) is 0 Å². The van der Waals surface area contributed by atoms with Gasteiger partial charge in [-0.15, -0.1) is 11.6 Å². The van der Waals surface area contributed by atoms with E-state index in [1.807, 2.05) is 6.92 Å². The van der Waals surface area contributed by atoms with Crippen molar-refractivity contribution in [1.29, 1.82) is 0 Å². The zero-order valence-electron chi connectivity index (χ0n) is 9.15. The Hall–Kier alpha value is 0.160. The highest BCUT2D eigenvalue weighted by atomic mass is 35.5. The van der Waals surface area contributed by atoms with Crippen molar-refractivity contribution in [2.45, 2.75) is 31.1 Å². The topological polar surface area (TPSA) is 46.6 Å². The van der Waals surface area contributed by atoms with E-state index in [9.17, 15) is 8.42 Å². The summed E-state index contributed by atoms with van der Waals surface area (Å²) in [6.07, 6.45) is 1.17. The minimum absolute atomic E-state index is 0.153. The fourth-order valence-corrected chi connectivity index (χ4v) is 3.68. The van der Waals surface area contributed by atoms with Gasteiger partial charge >= 0.3 is 0 Å². The van der Waals surface area contributed by atoms with Crippen LogP contribution < -0.4 is 0 Å². The van der Waals surface area contributed by atoms with Crippen molar-refractivity contribution in [3.05, 3.63) is 0 Å². The first-order valence-corrected chi connectivity index (χ1v) is 7.14. The maximum atomic E-state index is 12.1. The number of sulfonamides is 1. The predicted molar refractivity (Wildman–Crippen MR) is 60.7 cm³/mol. The van der Waals surface area contributed by atoms with Gasteiger partial charge in [0.05, 0.1) is 5.25 Å². The second kappa shape index (κ2) is 5.48. The summed E-state index contributed by atoms with van der Waals surface area (Å²) in [4.78, 5) is 0. The predicted octanol–water partition coefficient (Wildman–Crippen LogP) is 1.05. The Bertz CT molecular complexity index is 280. The van der Waals surface area contributed by atoms with Crippen LogP contribution in [0.1, 0.15) is 19.8 Å². The van der Waals surface area contributed by atoms with Crippen molar-refractivity contribution >= 4 is 21.6 Å². The maximum absolute atomic E-state index is 12.1. The minimum Gasteiger partial charge on any atom is -0.381 e. The molecule has 0 aromatic rings. The molecule has 6 heteroatoms. The van der Waals surface area contributed by atoms with Gasteiger partial charge in [0.2, 0.25) is 10.0 Å². The lowest BCUT2D eigenvalue weighted by atomic mass is 10.2. The van der Waals surface area contributed by atoms with Gasteiger partial charge in [0, 0.05) is 32.2 Å². The molecule has 0 aliphatic carbocycles. The van der Waals surface area contributed by atoms with Crippen molar-refractivity contribution in [1.82, 2.24) is 4.31 Å². The molecule has 1 unspecified atom stereocenters. The summed E-state index contributed by atoms with van der Waals surface area (Å²) in [5.74, 6) is 0.318. The fraction of sp³-hybridized carbons (Fsp3) is 1.00. The lowest BCUT2D eigenvalue weighted by Gasteiger charge is -2.29. The molecule has 0 aromatic carbocycles. The Kier molecular flexibility index (Phi) is 4.83. The van der Waals surface area contributed by atoms with Crippen LogP contribution in [0.2, 0.25) is 0 Å². The molecule has 1 aliphatic heterocycles. The number of hydrogen-bond acceptors (Lipinski definition) is 3. The largest absolute Gasteiger partial charge is 0.381 e. The van der Waals surface area contributed by atoms with Gasteiger partial charge in [0.1, 0.15) is 0 Å². The highest BCUT2D eigenvalue weighted by molar-refractivity contribution is 7.89. The van der Waals surface area contributed by atoms with Gasteiger partial charge < -0.3 is 4.74 Å². The van der Waals surface area contributed by atoms with Gasteiger partial charge in [-0.2, -0.15) is 0 Å². The zero-order valence-corrected chi connectivity index (χ0v) is 10.7. The smallest absolute Gasteiger partial charge is 0.217 e. The monoisotopic (exact) mass is 255 g/mol. The molecule has 0 amide bonds. The Labute approximate surface area is 96.6 Å². The van der Waals surface area contributed by atoms with Crippen molar-refractivity contribution in [3.8, 4) is 0 Å². The molecular weight excluding hydrogens is 238 g/mol. The third-order valence-electron chi connectivity index (χ3n) is 2.83. The molecule has 1 fully saturated rings. The van der Waals surface area contributed by atoms with E-state index in [1.54, 1.807) is 7.05 Å². The second-order valence-corrected chi connectivity index (χ2v) is 6.46. The molecule has 0 spiro atoms. The fourth-order valence-electron chi connectivity index (χ4n) is 1.56. The molecule has 0 bridgehead atoms. The minimum atomic E-state index is -3.20. The standard InChI is InChI=1S/C9H18ClNO3S/c1-8(7-10)11(2)15(12,13)9-3-5-14-6-4-9/h8-9H,3-7H2,1-2H3. The lowest BCUT2D eigenvalue weighted by Crippen LogP contribution is -2.44. The third kappa shape index (κ3) is 3.06. The molecule has 0 N–H and O–H groups in total. The van der Waals surface area contributed by atoms with Gasteiger partial charge in [0.15, 0.2) is 0 Å². The molecule has 1 aliphatic rings. The van der Waals surface area contributed by atoms with Gasteiger partial charge in [-0.3, -0.25) is 0 Å². The van der Waals surface area contributed by atoms with Crippen LogP contribution in [-0.4, -0.2) is 50.2 Å². The number of rotatable bonds is 4. The first-order valence-electron chi connectivity index (χ1n) is 5.10. The van der Waals surface area contributed by atoms with Crippen LogP contribution in [0.25, 0.3) is 0 Å². The highest BCUT2D eigenvalue weighted by Gasteiger charge is 2.33. The van der Waals surface area contributed by atoms with Crippen LogP contribution in [0, 0.1) is 0 Å². The summed E-state index contributed by atoms with van der Waals surface area (Å²) in [6.45, 7) is 2.88. The van der Waals surface area contributed by atoms with Crippen LogP contribution in [0.4, 0.5) is 0 Å². The Morgan fingerprint density at radius 3 is 2.47 bits per heavy atom. The molecular formula is C9H18ClNO3S. The Morgan fingerprint density at radius 2 is 2.00 bits per heavy atom.